The molecule has 84 valence electrons. The summed E-state index contributed by atoms with van der Waals surface area (Å²) in [5.74, 6) is 1.28. The van der Waals surface area contributed by atoms with Crippen LogP contribution in [0.5, 0.6) is 0 Å². The van der Waals surface area contributed by atoms with E-state index < -0.39 is 0 Å². The average Bonchev–Trinajstić information content (AvgIpc) is 2.71. The van der Waals surface area contributed by atoms with Gasteiger partial charge in [-0.2, -0.15) is 0 Å². The van der Waals surface area contributed by atoms with Gasteiger partial charge in [-0.05, 0) is 38.0 Å². The number of rotatable bonds is 3. The molecule has 0 aliphatic heterocycles. The summed E-state index contributed by atoms with van der Waals surface area (Å²) in [6, 6.07) is 0. The SMILES string of the molecule is C=C1[C@H]2CC[C@H](C2)[C@]1(C)CC(=O)OCC. The Labute approximate surface area is 91.7 Å². The van der Waals surface area contributed by atoms with Crippen LogP contribution in [0.4, 0.5) is 0 Å². The molecule has 2 nitrogen and oxygen atoms in total. The summed E-state index contributed by atoms with van der Waals surface area (Å²) in [4.78, 5) is 11.6. The molecule has 2 rings (SSSR count). The Hall–Kier alpha value is -0.790. The van der Waals surface area contributed by atoms with Crippen LogP contribution in [-0.2, 0) is 9.53 Å². The van der Waals surface area contributed by atoms with Crippen LogP contribution in [0.25, 0.3) is 0 Å². The summed E-state index contributed by atoms with van der Waals surface area (Å²) in [5, 5.41) is 0. The summed E-state index contributed by atoms with van der Waals surface area (Å²) in [6.45, 7) is 8.72. The normalized spacial score (nSPS) is 38.4. The number of hydrogen-bond donors (Lipinski definition) is 0. The van der Waals surface area contributed by atoms with Crippen molar-refractivity contribution in [3.63, 3.8) is 0 Å². The minimum atomic E-state index is -0.0614. The number of hydrogen-bond acceptors (Lipinski definition) is 2. The van der Waals surface area contributed by atoms with Crippen LogP contribution in [0.2, 0.25) is 0 Å². The summed E-state index contributed by atoms with van der Waals surface area (Å²) in [5.41, 5.74) is 1.32. The van der Waals surface area contributed by atoms with Gasteiger partial charge in [0.1, 0.15) is 0 Å². The third-order valence-electron chi connectivity index (χ3n) is 4.38. The molecule has 2 saturated carbocycles. The Morgan fingerprint density at radius 3 is 2.87 bits per heavy atom. The molecule has 0 spiro atoms. The summed E-state index contributed by atoms with van der Waals surface area (Å²) in [7, 11) is 0. The van der Waals surface area contributed by atoms with Crippen LogP contribution in [0.3, 0.4) is 0 Å². The highest BCUT2D eigenvalue weighted by atomic mass is 16.5. The van der Waals surface area contributed by atoms with Gasteiger partial charge in [0, 0.05) is 5.41 Å². The molecule has 0 radical (unpaired) electrons. The van der Waals surface area contributed by atoms with E-state index in [9.17, 15) is 4.79 Å². The van der Waals surface area contributed by atoms with E-state index in [0.717, 1.165) is 0 Å². The number of carbonyl (C=O) groups excluding carboxylic acids is 1. The smallest absolute Gasteiger partial charge is 0.306 e. The Morgan fingerprint density at radius 1 is 1.60 bits per heavy atom. The minimum Gasteiger partial charge on any atom is -0.466 e. The summed E-state index contributed by atoms with van der Waals surface area (Å²) in [6.07, 6.45) is 4.32. The van der Waals surface area contributed by atoms with Gasteiger partial charge in [-0.25, -0.2) is 0 Å². The maximum atomic E-state index is 11.6. The second-order valence-electron chi connectivity index (χ2n) is 5.13. The predicted octanol–water partition coefficient (Wildman–Crippen LogP) is 2.93. The maximum absolute atomic E-state index is 11.6. The third kappa shape index (κ3) is 1.60. The topological polar surface area (TPSA) is 26.3 Å². The molecule has 0 N–H and O–H groups in total. The average molecular weight is 208 g/mol. The Bertz CT molecular complexity index is 295. The molecule has 3 atom stereocenters. The molecule has 0 unspecified atom stereocenters. The molecule has 0 aromatic carbocycles. The van der Waals surface area contributed by atoms with Crippen molar-refractivity contribution in [3.05, 3.63) is 12.2 Å². The number of ether oxygens (including phenoxy) is 1. The largest absolute Gasteiger partial charge is 0.466 e. The number of allylic oxidation sites excluding steroid dienone is 1. The molecule has 0 heterocycles. The lowest BCUT2D eigenvalue weighted by molar-refractivity contribution is -0.145. The van der Waals surface area contributed by atoms with Gasteiger partial charge in [-0.15, -0.1) is 0 Å². The number of carbonyl (C=O) groups is 1. The third-order valence-corrected chi connectivity index (χ3v) is 4.38. The van der Waals surface area contributed by atoms with Gasteiger partial charge in [0.15, 0.2) is 0 Å². The lowest BCUT2D eigenvalue weighted by atomic mass is 9.70. The molecule has 2 fully saturated rings. The van der Waals surface area contributed by atoms with Crippen molar-refractivity contribution in [1.29, 1.82) is 0 Å². The first-order chi connectivity index (χ1) is 7.08. The number of fused-ring (bicyclic) bond motifs is 2. The van der Waals surface area contributed by atoms with Crippen molar-refractivity contribution >= 4 is 5.97 Å². The van der Waals surface area contributed by atoms with Crippen LogP contribution >= 0.6 is 0 Å². The first-order valence-electron chi connectivity index (χ1n) is 5.93. The molecule has 0 aromatic heterocycles. The molecule has 2 aliphatic rings. The summed E-state index contributed by atoms with van der Waals surface area (Å²) >= 11 is 0. The van der Waals surface area contributed by atoms with Crippen LogP contribution in [-0.4, -0.2) is 12.6 Å². The fourth-order valence-electron chi connectivity index (χ4n) is 3.37. The van der Waals surface area contributed by atoms with Gasteiger partial charge >= 0.3 is 5.97 Å². The molecule has 0 amide bonds. The van der Waals surface area contributed by atoms with Crippen molar-refractivity contribution < 1.29 is 9.53 Å². The zero-order chi connectivity index (χ0) is 11.1. The van der Waals surface area contributed by atoms with Gasteiger partial charge in [-0.1, -0.05) is 19.1 Å². The van der Waals surface area contributed by atoms with E-state index in [1.807, 2.05) is 6.92 Å². The lowest BCUT2D eigenvalue weighted by Crippen LogP contribution is -2.30. The molecule has 0 aromatic rings. The van der Waals surface area contributed by atoms with Gasteiger partial charge in [0.2, 0.25) is 0 Å². The van der Waals surface area contributed by atoms with Gasteiger partial charge < -0.3 is 4.74 Å². The predicted molar refractivity (Wildman–Crippen MR) is 59.3 cm³/mol. The van der Waals surface area contributed by atoms with Gasteiger partial charge in [-0.3, -0.25) is 4.79 Å². The Balaban J connectivity index is 2.07. The van der Waals surface area contributed by atoms with Crippen LogP contribution in [0.1, 0.15) is 39.5 Å². The maximum Gasteiger partial charge on any atom is 0.306 e. The highest BCUT2D eigenvalue weighted by Gasteiger charge is 2.51. The first kappa shape index (κ1) is 10.7. The zero-order valence-electron chi connectivity index (χ0n) is 9.71. The molecule has 2 bridgehead atoms. The Morgan fingerprint density at radius 2 is 2.33 bits per heavy atom. The van der Waals surface area contributed by atoms with E-state index in [1.54, 1.807) is 0 Å². The highest BCUT2D eigenvalue weighted by molar-refractivity contribution is 5.71. The molecular weight excluding hydrogens is 188 g/mol. The molecule has 0 saturated heterocycles. The highest BCUT2D eigenvalue weighted by Crippen LogP contribution is 2.60. The molecule has 15 heavy (non-hydrogen) atoms. The van der Waals surface area contributed by atoms with E-state index in [-0.39, 0.29) is 11.4 Å². The van der Waals surface area contributed by atoms with Crippen molar-refractivity contribution in [2.75, 3.05) is 6.61 Å². The van der Waals surface area contributed by atoms with E-state index >= 15 is 0 Å². The molecule has 2 aliphatic carbocycles. The second kappa shape index (κ2) is 3.66. The van der Waals surface area contributed by atoms with E-state index in [0.29, 0.717) is 24.9 Å². The van der Waals surface area contributed by atoms with Crippen LogP contribution in [0, 0.1) is 17.3 Å². The van der Waals surface area contributed by atoms with Crippen molar-refractivity contribution in [1.82, 2.24) is 0 Å². The minimum absolute atomic E-state index is 0.0230. The van der Waals surface area contributed by atoms with Crippen LogP contribution < -0.4 is 0 Å². The summed E-state index contributed by atoms with van der Waals surface area (Å²) < 4.78 is 5.04. The van der Waals surface area contributed by atoms with E-state index in [4.69, 9.17) is 4.74 Å². The van der Waals surface area contributed by atoms with Crippen molar-refractivity contribution in [3.8, 4) is 0 Å². The molecular formula is C13H20O2. The van der Waals surface area contributed by atoms with Crippen molar-refractivity contribution in [2.24, 2.45) is 17.3 Å². The molecule has 2 heteroatoms. The fraction of sp³-hybridized carbons (Fsp3) is 0.769. The van der Waals surface area contributed by atoms with E-state index in [1.165, 1.54) is 24.8 Å². The van der Waals surface area contributed by atoms with Crippen LogP contribution in [0.15, 0.2) is 12.2 Å². The first-order valence-corrected chi connectivity index (χ1v) is 5.93. The quantitative estimate of drug-likeness (QED) is 0.526. The fourth-order valence-corrected chi connectivity index (χ4v) is 3.37. The van der Waals surface area contributed by atoms with E-state index in [2.05, 4.69) is 13.5 Å². The van der Waals surface area contributed by atoms with Crippen molar-refractivity contribution in [2.45, 2.75) is 39.5 Å². The zero-order valence-corrected chi connectivity index (χ0v) is 9.71. The standard InChI is InChI=1S/C13H20O2/c1-4-15-12(14)8-13(3)9(2)10-5-6-11(13)7-10/h10-11H,2,4-8H2,1,3H3/t10-,11+,13+/m0/s1. The number of esters is 1. The lowest BCUT2D eigenvalue weighted by Gasteiger charge is -2.35. The van der Waals surface area contributed by atoms with Gasteiger partial charge in [0.25, 0.3) is 0 Å². The Kier molecular flexibility index (Phi) is 2.61. The van der Waals surface area contributed by atoms with Gasteiger partial charge in [0.05, 0.1) is 13.0 Å². The second-order valence-corrected chi connectivity index (χ2v) is 5.13. The monoisotopic (exact) mass is 208 g/mol.